The van der Waals surface area contributed by atoms with Crippen LogP contribution in [0.15, 0.2) is 53.4 Å². The van der Waals surface area contributed by atoms with Gasteiger partial charge in [-0.3, -0.25) is 4.79 Å². The van der Waals surface area contributed by atoms with Crippen molar-refractivity contribution in [1.82, 2.24) is 14.7 Å². The highest BCUT2D eigenvalue weighted by Gasteiger charge is 2.23. The van der Waals surface area contributed by atoms with Crippen LogP contribution in [0.4, 0.5) is 29.0 Å². The van der Waals surface area contributed by atoms with E-state index in [1.807, 2.05) is 24.3 Å². The molecule has 0 bridgehead atoms. The Morgan fingerprint density at radius 1 is 1.06 bits per heavy atom. The first-order chi connectivity index (χ1) is 16.2. The van der Waals surface area contributed by atoms with Crippen molar-refractivity contribution in [2.24, 2.45) is 0 Å². The highest BCUT2D eigenvalue weighted by molar-refractivity contribution is 7.89. The zero-order valence-corrected chi connectivity index (χ0v) is 20.2. The summed E-state index contributed by atoms with van der Waals surface area (Å²) in [6.45, 7) is 5.84. The fourth-order valence-corrected chi connectivity index (χ4v) is 5.17. The Hall–Kier alpha value is -3.50. The minimum absolute atomic E-state index is 0.107. The second kappa shape index (κ2) is 9.78. The maximum atomic E-state index is 12.9. The summed E-state index contributed by atoms with van der Waals surface area (Å²) in [4.78, 5) is 20.7. The number of aromatic nitrogens is 2. The molecule has 0 radical (unpaired) electrons. The number of nitrogens with one attached hydrogen (secondary N) is 4. The molecule has 0 amide bonds. The summed E-state index contributed by atoms with van der Waals surface area (Å²) in [7, 11) is -3.71. The Morgan fingerprint density at radius 3 is 2.50 bits per heavy atom. The summed E-state index contributed by atoms with van der Waals surface area (Å²) in [5, 5.41) is 9.67. The molecule has 0 spiro atoms. The summed E-state index contributed by atoms with van der Waals surface area (Å²) in [6.07, 6.45) is 1.11. The lowest BCUT2D eigenvalue weighted by Crippen LogP contribution is -2.30. The van der Waals surface area contributed by atoms with Crippen LogP contribution in [0.5, 0.6) is 0 Å². The average Bonchev–Trinajstić information content (AvgIpc) is 3.23. The smallest absolute Gasteiger partial charge is 0.242 e. The number of ketones is 1. The van der Waals surface area contributed by atoms with Crippen LogP contribution in [0.3, 0.4) is 0 Å². The normalized spacial score (nSPS) is 12.8. The van der Waals surface area contributed by atoms with Crippen LogP contribution in [0.2, 0.25) is 0 Å². The van der Waals surface area contributed by atoms with Gasteiger partial charge in [-0.2, -0.15) is 9.97 Å². The number of rotatable bonds is 9. The molecule has 0 aliphatic carbocycles. The average molecular weight is 481 g/mol. The standard InChI is InChI=1S/C24H28N6O3S/c1-15(2)30-34(32,33)21-7-5-4-6-20(21)27-23-19-12-13-25-22(19)28-24(29-23)26-18-10-8-17(9-11-18)14-16(3)31/h4-11,15,30H,12-14H2,1-3H3,(H3,25,26,27,28,29). The molecule has 0 atom stereocenters. The van der Waals surface area contributed by atoms with Crippen molar-refractivity contribution >= 4 is 44.8 Å². The summed E-state index contributed by atoms with van der Waals surface area (Å²) < 4.78 is 28.3. The molecule has 1 aromatic heterocycles. The quantitative estimate of drug-likeness (QED) is 0.365. The molecule has 178 valence electrons. The van der Waals surface area contributed by atoms with Crippen LogP contribution >= 0.6 is 0 Å². The SMILES string of the molecule is CC(=O)Cc1ccc(Nc2nc3c(c(Nc4ccccc4S(=O)(=O)NC(C)C)n2)CCN3)cc1. The third kappa shape index (κ3) is 5.52. The Kier molecular flexibility index (Phi) is 6.80. The first kappa shape index (κ1) is 23.7. The predicted octanol–water partition coefficient (Wildman–Crippen LogP) is 3.75. The highest BCUT2D eigenvalue weighted by atomic mass is 32.2. The first-order valence-corrected chi connectivity index (χ1v) is 12.6. The van der Waals surface area contributed by atoms with Gasteiger partial charge in [-0.1, -0.05) is 24.3 Å². The molecule has 1 aliphatic rings. The maximum Gasteiger partial charge on any atom is 0.242 e. The van der Waals surface area contributed by atoms with Gasteiger partial charge < -0.3 is 16.0 Å². The van der Waals surface area contributed by atoms with Gasteiger partial charge in [-0.25, -0.2) is 13.1 Å². The molecule has 0 saturated heterocycles. The van der Waals surface area contributed by atoms with E-state index in [1.54, 1.807) is 45.0 Å². The van der Waals surface area contributed by atoms with Crippen molar-refractivity contribution in [3.63, 3.8) is 0 Å². The highest BCUT2D eigenvalue weighted by Crippen LogP contribution is 2.32. The number of benzene rings is 2. The molecular weight excluding hydrogens is 452 g/mol. The van der Waals surface area contributed by atoms with Gasteiger partial charge in [0.05, 0.1) is 5.69 Å². The minimum Gasteiger partial charge on any atom is -0.369 e. The molecule has 2 aromatic carbocycles. The number of hydrogen-bond acceptors (Lipinski definition) is 8. The molecule has 0 unspecified atom stereocenters. The zero-order chi connectivity index (χ0) is 24.3. The van der Waals surface area contributed by atoms with Gasteiger partial charge in [0.2, 0.25) is 16.0 Å². The topological polar surface area (TPSA) is 125 Å². The first-order valence-electron chi connectivity index (χ1n) is 11.1. The van der Waals surface area contributed by atoms with Gasteiger partial charge in [0.15, 0.2) is 0 Å². The van der Waals surface area contributed by atoms with E-state index in [1.165, 1.54) is 0 Å². The Labute approximate surface area is 199 Å². The number of carbonyl (C=O) groups excluding carboxylic acids is 1. The molecule has 10 heteroatoms. The number of Topliss-reactive ketones (excluding diaryl/α,β-unsaturated/α-hetero) is 1. The Balaban J connectivity index is 1.64. The number of nitrogens with zero attached hydrogens (tertiary/aromatic N) is 2. The lowest BCUT2D eigenvalue weighted by molar-refractivity contribution is -0.116. The largest absolute Gasteiger partial charge is 0.369 e. The Morgan fingerprint density at radius 2 is 1.79 bits per heavy atom. The lowest BCUT2D eigenvalue weighted by Gasteiger charge is -2.16. The number of carbonyl (C=O) groups is 1. The third-order valence-corrected chi connectivity index (χ3v) is 6.87. The van der Waals surface area contributed by atoms with E-state index in [0.717, 1.165) is 29.8 Å². The summed E-state index contributed by atoms with van der Waals surface area (Å²) in [5.41, 5.74) is 3.04. The minimum atomic E-state index is -3.71. The van der Waals surface area contributed by atoms with E-state index in [2.05, 4.69) is 30.6 Å². The zero-order valence-electron chi connectivity index (χ0n) is 19.3. The monoisotopic (exact) mass is 480 g/mol. The number of fused-ring (bicyclic) bond motifs is 1. The molecular formula is C24H28N6O3S. The van der Waals surface area contributed by atoms with Crippen molar-refractivity contribution in [1.29, 1.82) is 0 Å². The number of para-hydroxylation sites is 1. The molecule has 0 fully saturated rings. The van der Waals surface area contributed by atoms with Gasteiger partial charge in [-0.15, -0.1) is 0 Å². The number of hydrogen-bond donors (Lipinski definition) is 4. The van der Waals surface area contributed by atoms with Crippen molar-refractivity contribution in [2.75, 3.05) is 22.5 Å². The van der Waals surface area contributed by atoms with Crippen LogP contribution < -0.4 is 20.7 Å². The summed E-state index contributed by atoms with van der Waals surface area (Å²) in [6, 6.07) is 14.0. The molecule has 4 N–H and O–H groups in total. The number of anilines is 5. The van der Waals surface area contributed by atoms with E-state index in [4.69, 9.17) is 0 Å². The van der Waals surface area contributed by atoms with Crippen molar-refractivity contribution in [2.45, 2.75) is 44.6 Å². The Bertz CT molecular complexity index is 1310. The fourth-order valence-electron chi connectivity index (χ4n) is 3.76. The lowest BCUT2D eigenvalue weighted by atomic mass is 10.1. The maximum absolute atomic E-state index is 12.9. The molecule has 3 aromatic rings. The van der Waals surface area contributed by atoms with E-state index < -0.39 is 10.0 Å². The molecule has 9 nitrogen and oxygen atoms in total. The summed E-state index contributed by atoms with van der Waals surface area (Å²) in [5.74, 6) is 1.72. The fraction of sp³-hybridized carbons (Fsp3) is 0.292. The second-order valence-corrected chi connectivity index (χ2v) is 10.2. The molecule has 4 rings (SSSR count). The second-order valence-electron chi connectivity index (χ2n) is 8.50. The van der Waals surface area contributed by atoms with Crippen molar-refractivity contribution in [3.05, 3.63) is 59.7 Å². The van der Waals surface area contributed by atoms with Gasteiger partial charge in [0, 0.05) is 30.3 Å². The summed E-state index contributed by atoms with van der Waals surface area (Å²) >= 11 is 0. The van der Waals surface area contributed by atoms with E-state index >= 15 is 0 Å². The predicted molar refractivity (Wildman–Crippen MR) is 134 cm³/mol. The van der Waals surface area contributed by atoms with Gasteiger partial charge >= 0.3 is 0 Å². The van der Waals surface area contributed by atoms with Gasteiger partial charge in [0.25, 0.3) is 0 Å². The van der Waals surface area contributed by atoms with Crippen LogP contribution in [-0.2, 0) is 27.7 Å². The van der Waals surface area contributed by atoms with Crippen molar-refractivity contribution in [3.8, 4) is 0 Å². The molecule has 1 aliphatic heterocycles. The molecule has 34 heavy (non-hydrogen) atoms. The van der Waals surface area contributed by atoms with Crippen LogP contribution in [0.25, 0.3) is 0 Å². The van der Waals surface area contributed by atoms with E-state index in [9.17, 15) is 13.2 Å². The van der Waals surface area contributed by atoms with Crippen LogP contribution in [0, 0.1) is 0 Å². The third-order valence-electron chi connectivity index (χ3n) is 5.16. The molecule has 0 saturated carbocycles. The van der Waals surface area contributed by atoms with Gasteiger partial charge in [0.1, 0.15) is 22.3 Å². The van der Waals surface area contributed by atoms with E-state index in [-0.39, 0.29) is 16.7 Å². The van der Waals surface area contributed by atoms with Crippen molar-refractivity contribution < 1.29 is 13.2 Å². The van der Waals surface area contributed by atoms with E-state index in [0.29, 0.717) is 29.7 Å². The number of sulfonamides is 1. The van der Waals surface area contributed by atoms with Gasteiger partial charge in [-0.05, 0) is 57.0 Å². The van der Waals surface area contributed by atoms with Crippen LogP contribution in [0.1, 0.15) is 31.9 Å². The van der Waals surface area contributed by atoms with Crippen LogP contribution in [-0.4, -0.2) is 36.8 Å². The molecule has 2 heterocycles.